The molecule has 6 heteroatoms. The van der Waals surface area contributed by atoms with Crippen LogP contribution in [0, 0.1) is 0 Å². The van der Waals surface area contributed by atoms with Crippen molar-refractivity contribution in [2.45, 2.75) is 0 Å². The highest BCUT2D eigenvalue weighted by atomic mass is 79.9. The number of carbonyl (C=O) groups is 2. The van der Waals surface area contributed by atoms with Crippen LogP contribution in [0.15, 0.2) is 77.3 Å². The van der Waals surface area contributed by atoms with Gasteiger partial charge >= 0.3 is 11.9 Å². The molecule has 0 heterocycles. The fraction of sp³-hybridized carbons (Fsp3) is 0.0476. The van der Waals surface area contributed by atoms with Gasteiger partial charge in [0.05, 0.1) is 18.2 Å². The zero-order valence-corrected chi connectivity index (χ0v) is 16.7. The Balaban J connectivity index is 0.000000208. The Morgan fingerprint density at radius 3 is 1.96 bits per heavy atom. The van der Waals surface area contributed by atoms with E-state index < -0.39 is 5.97 Å². The molecule has 0 spiro atoms. The Bertz CT molecular complexity index is 922. The molecule has 0 amide bonds. The van der Waals surface area contributed by atoms with Gasteiger partial charge in [0.2, 0.25) is 0 Å². The van der Waals surface area contributed by atoms with E-state index >= 15 is 0 Å². The average molecular weight is 448 g/mol. The summed E-state index contributed by atoms with van der Waals surface area (Å²) in [5.74, 6) is -1.23. The van der Waals surface area contributed by atoms with E-state index in [9.17, 15) is 9.59 Å². The van der Waals surface area contributed by atoms with Crippen LogP contribution in [0.2, 0.25) is 5.02 Å². The predicted molar refractivity (Wildman–Crippen MR) is 109 cm³/mol. The molecule has 0 radical (unpaired) electrons. The lowest BCUT2D eigenvalue weighted by atomic mass is 10.0. The first-order chi connectivity index (χ1) is 12.9. The minimum atomic E-state index is -0.925. The van der Waals surface area contributed by atoms with E-state index in [-0.39, 0.29) is 11.5 Å². The zero-order valence-electron chi connectivity index (χ0n) is 14.4. The Kier molecular flexibility index (Phi) is 7.58. The average Bonchev–Trinajstić information content (AvgIpc) is 2.69. The third-order valence-corrected chi connectivity index (χ3v) is 4.44. The van der Waals surface area contributed by atoms with Gasteiger partial charge in [-0.25, -0.2) is 9.59 Å². The largest absolute Gasteiger partial charge is 0.478 e. The monoisotopic (exact) mass is 446 g/mol. The Hall–Kier alpha value is -2.63. The molecular weight excluding hydrogens is 432 g/mol. The minimum Gasteiger partial charge on any atom is -0.478 e. The molecule has 0 aliphatic carbocycles. The number of aromatic carboxylic acids is 1. The normalized spacial score (nSPS) is 9.74. The minimum absolute atomic E-state index is 0.274. The van der Waals surface area contributed by atoms with Crippen molar-refractivity contribution in [3.63, 3.8) is 0 Å². The second-order valence-corrected chi connectivity index (χ2v) is 6.68. The molecule has 1 N–H and O–H groups in total. The van der Waals surface area contributed by atoms with E-state index in [2.05, 4.69) is 20.7 Å². The molecular formula is C21H16BrClO4. The number of rotatable bonds is 3. The quantitative estimate of drug-likeness (QED) is 0.505. The highest BCUT2D eigenvalue weighted by Crippen LogP contribution is 2.27. The Morgan fingerprint density at radius 1 is 0.889 bits per heavy atom. The number of carboxylic acids is 1. The van der Waals surface area contributed by atoms with Gasteiger partial charge < -0.3 is 9.84 Å². The molecule has 0 bridgehead atoms. The van der Waals surface area contributed by atoms with Gasteiger partial charge in [0.25, 0.3) is 0 Å². The fourth-order valence-electron chi connectivity index (χ4n) is 2.19. The maximum atomic E-state index is 10.9. The molecule has 0 aromatic heterocycles. The van der Waals surface area contributed by atoms with Crippen molar-refractivity contribution in [3.8, 4) is 11.1 Å². The number of carboxylic acid groups (broad SMARTS) is 1. The van der Waals surface area contributed by atoms with Crippen molar-refractivity contribution in [3.05, 3.63) is 93.4 Å². The number of hydrogen-bond acceptors (Lipinski definition) is 3. The van der Waals surface area contributed by atoms with Crippen LogP contribution < -0.4 is 0 Å². The van der Waals surface area contributed by atoms with Crippen LogP contribution in [-0.2, 0) is 4.74 Å². The van der Waals surface area contributed by atoms with Gasteiger partial charge in [0.15, 0.2) is 0 Å². The van der Waals surface area contributed by atoms with Crippen molar-refractivity contribution in [1.82, 2.24) is 0 Å². The molecule has 0 aliphatic rings. The topological polar surface area (TPSA) is 63.6 Å². The van der Waals surface area contributed by atoms with Gasteiger partial charge in [0, 0.05) is 15.1 Å². The van der Waals surface area contributed by atoms with Crippen molar-refractivity contribution >= 4 is 39.5 Å². The highest BCUT2D eigenvalue weighted by Gasteiger charge is 2.05. The van der Waals surface area contributed by atoms with Gasteiger partial charge in [-0.3, -0.25) is 0 Å². The number of halogens is 2. The second kappa shape index (κ2) is 9.90. The summed E-state index contributed by atoms with van der Waals surface area (Å²) in [6.45, 7) is 0. The molecule has 0 unspecified atom stereocenters. The van der Waals surface area contributed by atoms with E-state index in [1.807, 2.05) is 24.3 Å². The summed E-state index contributed by atoms with van der Waals surface area (Å²) in [5, 5.41) is 9.43. The van der Waals surface area contributed by atoms with Crippen LogP contribution in [0.5, 0.6) is 0 Å². The first kappa shape index (κ1) is 20.7. The highest BCUT2D eigenvalue weighted by molar-refractivity contribution is 9.10. The lowest BCUT2D eigenvalue weighted by Gasteiger charge is -2.04. The third kappa shape index (κ3) is 5.94. The van der Waals surface area contributed by atoms with E-state index in [4.69, 9.17) is 16.7 Å². The van der Waals surface area contributed by atoms with Crippen LogP contribution in [0.4, 0.5) is 0 Å². The van der Waals surface area contributed by atoms with Gasteiger partial charge in [-0.15, -0.1) is 0 Å². The molecule has 4 nitrogen and oxygen atoms in total. The standard InChI is InChI=1S/C13H9ClO2.C8H7BrO2/c14-12-4-2-1-3-11(12)9-5-7-10(8-6-9)13(15)16;1-11-8(10)6-2-4-7(9)5-3-6/h1-8H,(H,15,16);2-5H,1H3. The van der Waals surface area contributed by atoms with E-state index in [1.54, 1.807) is 48.5 Å². The SMILES string of the molecule is COC(=O)c1ccc(Br)cc1.O=C(O)c1ccc(-c2ccccc2Cl)cc1. The van der Waals surface area contributed by atoms with Crippen LogP contribution in [0.25, 0.3) is 11.1 Å². The molecule has 3 rings (SSSR count). The summed E-state index contributed by atoms with van der Waals surface area (Å²) in [6, 6.07) is 21.1. The Labute approximate surface area is 170 Å². The van der Waals surface area contributed by atoms with Crippen LogP contribution >= 0.6 is 27.5 Å². The number of ether oxygens (including phenoxy) is 1. The van der Waals surface area contributed by atoms with E-state index in [0.29, 0.717) is 10.6 Å². The van der Waals surface area contributed by atoms with Gasteiger partial charge in [-0.2, -0.15) is 0 Å². The molecule has 0 atom stereocenters. The number of benzene rings is 3. The Morgan fingerprint density at radius 2 is 1.44 bits per heavy atom. The summed E-state index contributed by atoms with van der Waals surface area (Å²) in [6.07, 6.45) is 0. The van der Waals surface area contributed by atoms with Crippen LogP contribution in [-0.4, -0.2) is 24.2 Å². The molecule has 0 saturated heterocycles. The maximum Gasteiger partial charge on any atom is 0.337 e. The first-order valence-electron chi connectivity index (χ1n) is 7.84. The first-order valence-corrected chi connectivity index (χ1v) is 9.01. The zero-order chi connectivity index (χ0) is 19.8. The predicted octanol–water partition coefficient (Wildman–Crippen LogP) is 5.94. The molecule has 0 aliphatic heterocycles. The molecule has 138 valence electrons. The maximum absolute atomic E-state index is 10.9. The van der Waals surface area contributed by atoms with E-state index in [1.165, 1.54) is 7.11 Å². The fourth-order valence-corrected chi connectivity index (χ4v) is 2.70. The molecule has 0 saturated carbocycles. The number of methoxy groups -OCH3 is 1. The van der Waals surface area contributed by atoms with Crippen molar-refractivity contribution in [2.75, 3.05) is 7.11 Å². The summed E-state index contributed by atoms with van der Waals surface area (Å²) in [4.78, 5) is 21.6. The summed E-state index contributed by atoms with van der Waals surface area (Å²) < 4.78 is 5.47. The van der Waals surface area contributed by atoms with Crippen LogP contribution in [0.3, 0.4) is 0 Å². The van der Waals surface area contributed by atoms with Gasteiger partial charge in [0.1, 0.15) is 0 Å². The molecule has 27 heavy (non-hydrogen) atoms. The van der Waals surface area contributed by atoms with Crippen molar-refractivity contribution < 1.29 is 19.4 Å². The van der Waals surface area contributed by atoms with Gasteiger partial charge in [-0.05, 0) is 48.0 Å². The summed E-state index contributed by atoms with van der Waals surface area (Å²) in [5.41, 5.74) is 2.66. The summed E-state index contributed by atoms with van der Waals surface area (Å²) >= 11 is 9.31. The lowest BCUT2D eigenvalue weighted by molar-refractivity contribution is 0.0599. The van der Waals surface area contributed by atoms with Crippen molar-refractivity contribution in [2.24, 2.45) is 0 Å². The summed E-state index contributed by atoms with van der Waals surface area (Å²) in [7, 11) is 1.37. The number of hydrogen-bond donors (Lipinski definition) is 1. The van der Waals surface area contributed by atoms with Crippen molar-refractivity contribution in [1.29, 1.82) is 0 Å². The molecule has 3 aromatic rings. The van der Waals surface area contributed by atoms with E-state index in [0.717, 1.165) is 15.6 Å². The molecule has 0 fully saturated rings. The lowest BCUT2D eigenvalue weighted by Crippen LogP contribution is -1.99. The van der Waals surface area contributed by atoms with Gasteiger partial charge in [-0.1, -0.05) is 57.9 Å². The smallest absolute Gasteiger partial charge is 0.337 e. The third-order valence-electron chi connectivity index (χ3n) is 3.58. The molecule has 3 aromatic carbocycles. The second-order valence-electron chi connectivity index (χ2n) is 5.36. The van der Waals surface area contributed by atoms with Crippen LogP contribution in [0.1, 0.15) is 20.7 Å². The number of esters is 1. The number of carbonyl (C=O) groups excluding carboxylic acids is 1.